The zero-order valence-corrected chi connectivity index (χ0v) is 15.7. The number of carbonyl (C=O) groups excluding carboxylic acids is 1. The van der Waals surface area contributed by atoms with Gasteiger partial charge in [-0.3, -0.25) is 14.9 Å². The summed E-state index contributed by atoms with van der Waals surface area (Å²) in [6.45, 7) is 0.414. The summed E-state index contributed by atoms with van der Waals surface area (Å²) in [6, 6.07) is 21.2. The molecular weight excluding hydrogens is 352 g/mol. The summed E-state index contributed by atoms with van der Waals surface area (Å²) in [7, 11) is 3.37. The first-order chi connectivity index (χ1) is 13.6. The average Bonchev–Trinajstić information content (AvgIpc) is 3.23. The Morgan fingerprint density at radius 1 is 1.07 bits per heavy atom. The van der Waals surface area contributed by atoms with Crippen LogP contribution in [0.15, 0.2) is 66.7 Å². The first-order valence-electron chi connectivity index (χ1n) is 8.94. The Hall–Kier alpha value is -3.67. The molecule has 0 aliphatic rings. The van der Waals surface area contributed by atoms with Crippen molar-refractivity contribution >= 4 is 16.8 Å². The summed E-state index contributed by atoms with van der Waals surface area (Å²) in [5, 5.41) is 8.19. The zero-order valence-electron chi connectivity index (χ0n) is 15.7. The van der Waals surface area contributed by atoms with Crippen LogP contribution in [-0.2, 0) is 6.54 Å². The highest BCUT2D eigenvalue weighted by Crippen LogP contribution is 2.23. The first-order valence-corrected chi connectivity index (χ1v) is 8.94. The minimum atomic E-state index is -0.142. The van der Waals surface area contributed by atoms with Gasteiger partial charge in [-0.05, 0) is 30.3 Å². The summed E-state index contributed by atoms with van der Waals surface area (Å²) >= 11 is 0. The van der Waals surface area contributed by atoms with Gasteiger partial charge < -0.3 is 9.64 Å². The first kappa shape index (κ1) is 17.7. The molecule has 0 bridgehead atoms. The van der Waals surface area contributed by atoms with Crippen LogP contribution in [0.2, 0.25) is 0 Å². The Bertz CT molecular complexity index is 1140. The molecule has 1 N–H and O–H groups in total. The number of benzene rings is 2. The number of aromatic amines is 1. The number of ether oxygens (including phenoxy) is 1. The highest BCUT2D eigenvalue weighted by Gasteiger charge is 2.16. The van der Waals surface area contributed by atoms with E-state index in [0.717, 1.165) is 27.9 Å². The monoisotopic (exact) mass is 372 g/mol. The Morgan fingerprint density at radius 2 is 1.93 bits per heavy atom. The summed E-state index contributed by atoms with van der Waals surface area (Å²) < 4.78 is 5.25. The fourth-order valence-electron chi connectivity index (χ4n) is 3.08. The molecule has 2 aromatic heterocycles. The van der Waals surface area contributed by atoms with Crippen molar-refractivity contribution in [3.05, 3.63) is 78.1 Å². The lowest BCUT2D eigenvalue weighted by Crippen LogP contribution is -2.26. The van der Waals surface area contributed by atoms with Crippen LogP contribution in [-0.4, -0.2) is 40.1 Å². The van der Waals surface area contributed by atoms with Gasteiger partial charge in [-0.15, -0.1) is 0 Å². The van der Waals surface area contributed by atoms with E-state index in [1.807, 2.05) is 60.7 Å². The molecule has 4 aromatic rings. The predicted octanol–water partition coefficient (Wildman–Crippen LogP) is 3.91. The van der Waals surface area contributed by atoms with Gasteiger partial charge in [-0.2, -0.15) is 5.10 Å². The number of para-hydroxylation sites is 1. The Kier molecular flexibility index (Phi) is 4.76. The van der Waals surface area contributed by atoms with Crippen LogP contribution in [0.25, 0.3) is 22.2 Å². The Labute approximate surface area is 162 Å². The number of hydrogen-bond donors (Lipinski definition) is 1. The largest absolute Gasteiger partial charge is 0.497 e. The molecule has 0 saturated heterocycles. The van der Waals surface area contributed by atoms with Gasteiger partial charge >= 0.3 is 0 Å². The number of rotatable bonds is 5. The fraction of sp³-hybridized carbons (Fsp3) is 0.136. The molecule has 6 heteroatoms. The van der Waals surface area contributed by atoms with E-state index in [4.69, 9.17) is 4.74 Å². The molecule has 0 fully saturated rings. The molecule has 0 aliphatic carbocycles. The van der Waals surface area contributed by atoms with Crippen molar-refractivity contribution in [2.75, 3.05) is 14.2 Å². The van der Waals surface area contributed by atoms with Gasteiger partial charge in [-0.1, -0.05) is 36.4 Å². The van der Waals surface area contributed by atoms with Crippen LogP contribution in [0.1, 0.15) is 16.2 Å². The lowest BCUT2D eigenvalue weighted by atomic mass is 10.1. The molecule has 0 unspecified atom stereocenters. The number of methoxy groups -OCH3 is 1. The van der Waals surface area contributed by atoms with Crippen LogP contribution in [0.3, 0.4) is 0 Å². The average molecular weight is 372 g/mol. The Balaban J connectivity index is 1.51. The maximum atomic E-state index is 12.8. The third kappa shape index (κ3) is 3.57. The number of aromatic nitrogens is 3. The molecular formula is C22H20N4O2. The summed E-state index contributed by atoms with van der Waals surface area (Å²) in [4.78, 5) is 19.0. The summed E-state index contributed by atoms with van der Waals surface area (Å²) in [6.07, 6.45) is 0. The Morgan fingerprint density at radius 3 is 2.79 bits per heavy atom. The highest BCUT2D eigenvalue weighted by molar-refractivity contribution is 5.93. The third-order valence-electron chi connectivity index (χ3n) is 4.58. The van der Waals surface area contributed by atoms with Crippen LogP contribution < -0.4 is 4.74 Å². The minimum Gasteiger partial charge on any atom is -0.497 e. The van der Waals surface area contributed by atoms with Gasteiger partial charge in [0.15, 0.2) is 0 Å². The lowest BCUT2D eigenvalue weighted by molar-refractivity contribution is 0.0777. The number of hydrogen-bond acceptors (Lipinski definition) is 4. The SMILES string of the molecule is COc1cccc(-c2cc(C(=O)N(C)Cc3ccc4ccccc4n3)[nH]n2)c1. The molecule has 2 aromatic carbocycles. The molecule has 0 radical (unpaired) electrons. The quantitative estimate of drug-likeness (QED) is 0.577. The number of H-pyrrole nitrogens is 1. The second-order valence-corrected chi connectivity index (χ2v) is 6.56. The van der Waals surface area contributed by atoms with E-state index in [2.05, 4.69) is 15.2 Å². The fourth-order valence-corrected chi connectivity index (χ4v) is 3.08. The molecule has 28 heavy (non-hydrogen) atoms. The van der Waals surface area contributed by atoms with E-state index in [0.29, 0.717) is 17.9 Å². The molecule has 2 heterocycles. The number of carbonyl (C=O) groups is 1. The van der Waals surface area contributed by atoms with Gasteiger partial charge in [0.2, 0.25) is 0 Å². The van der Waals surface area contributed by atoms with Gasteiger partial charge in [0.05, 0.1) is 30.6 Å². The maximum absolute atomic E-state index is 12.8. The van der Waals surface area contributed by atoms with Crippen molar-refractivity contribution in [1.29, 1.82) is 0 Å². The van der Waals surface area contributed by atoms with Crippen molar-refractivity contribution < 1.29 is 9.53 Å². The zero-order chi connectivity index (χ0) is 19.5. The van der Waals surface area contributed by atoms with Crippen molar-refractivity contribution in [2.45, 2.75) is 6.54 Å². The second-order valence-electron chi connectivity index (χ2n) is 6.56. The molecule has 0 aliphatic heterocycles. The van der Waals surface area contributed by atoms with Gasteiger partial charge in [0.25, 0.3) is 5.91 Å². The van der Waals surface area contributed by atoms with Crippen LogP contribution in [0, 0.1) is 0 Å². The standard InChI is InChI=1S/C22H20N4O2/c1-26(14-17-11-10-15-6-3-4-9-19(15)23-17)22(27)21-13-20(24-25-21)16-7-5-8-18(12-16)28-2/h3-13H,14H2,1-2H3,(H,24,25). The van der Waals surface area contributed by atoms with E-state index in [1.165, 1.54) is 0 Å². The predicted molar refractivity (Wildman–Crippen MR) is 108 cm³/mol. The summed E-state index contributed by atoms with van der Waals surface area (Å²) in [5.41, 5.74) is 3.76. The number of amides is 1. The van der Waals surface area contributed by atoms with Crippen molar-refractivity contribution in [2.24, 2.45) is 0 Å². The number of fused-ring (bicyclic) bond motifs is 1. The molecule has 4 rings (SSSR count). The molecule has 0 spiro atoms. The number of nitrogens with one attached hydrogen (secondary N) is 1. The van der Waals surface area contributed by atoms with Crippen molar-refractivity contribution in [3.8, 4) is 17.0 Å². The van der Waals surface area contributed by atoms with E-state index < -0.39 is 0 Å². The second kappa shape index (κ2) is 7.52. The van der Waals surface area contributed by atoms with Crippen LogP contribution in [0.5, 0.6) is 5.75 Å². The molecule has 1 amide bonds. The van der Waals surface area contributed by atoms with Crippen molar-refractivity contribution in [3.63, 3.8) is 0 Å². The third-order valence-corrected chi connectivity index (χ3v) is 4.58. The molecule has 6 nitrogen and oxygen atoms in total. The highest BCUT2D eigenvalue weighted by atomic mass is 16.5. The molecule has 140 valence electrons. The summed E-state index contributed by atoms with van der Waals surface area (Å²) in [5.74, 6) is 0.601. The lowest BCUT2D eigenvalue weighted by Gasteiger charge is -2.15. The molecule has 0 saturated carbocycles. The van der Waals surface area contributed by atoms with E-state index in [-0.39, 0.29) is 5.91 Å². The van der Waals surface area contributed by atoms with Crippen LogP contribution in [0.4, 0.5) is 0 Å². The number of nitrogens with zero attached hydrogens (tertiary/aromatic N) is 3. The number of pyridine rings is 1. The topological polar surface area (TPSA) is 71.1 Å². The van der Waals surface area contributed by atoms with Gasteiger partial charge in [-0.25, -0.2) is 0 Å². The van der Waals surface area contributed by atoms with E-state index in [9.17, 15) is 4.79 Å². The van der Waals surface area contributed by atoms with Gasteiger partial charge in [0, 0.05) is 18.0 Å². The molecule has 0 atom stereocenters. The normalized spacial score (nSPS) is 10.8. The minimum absolute atomic E-state index is 0.142. The van der Waals surface area contributed by atoms with Crippen molar-refractivity contribution in [1.82, 2.24) is 20.1 Å². The van der Waals surface area contributed by atoms with E-state index >= 15 is 0 Å². The maximum Gasteiger partial charge on any atom is 0.271 e. The van der Waals surface area contributed by atoms with Crippen LogP contribution >= 0.6 is 0 Å². The smallest absolute Gasteiger partial charge is 0.271 e. The van der Waals surface area contributed by atoms with Gasteiger partial charge in [0.1, 0.15) is 11.4 Å². The van der Waals surface area contributed by atoms with E-state index in [1.54, 1.807) is 25.1 Å².